The zero-order valence-corrected chi connectivity index (χ0v) is 18.8. The van der Waals surface area contributed by atoms with Gasteiger partial charge in [0.1, 0.15) is 17.2 Å². The van der Waals surface area contributed by atoms with E-state index in [0.717, 1.165) is 45.7 Å². The van der Waals surface area contributed by atoms with Crippen molar-refractivity contribution < 1.29 is 14.2 Å². The van der Waals surface area contributed by atoms with E-state index in [1.165, 1.54) is 0 Å². The summed E-state index contributed by atoms with van der Waals surface area (Å²) in [5.74, 6) is 2.40. The molecule has 0 saturated heterocycles. The fraction of sp³-hybridized carbons (Fsp3) is 0.111. The van der Waals surface area contributed by atoms with Gasteiger partial charge in [-0.3, -0.25) is 0 Å². The van der Waals surface area contributed by atoms with Crippen LogP contribution in [0.1, 0.15) is 0 Å². The number of hydrogen-bond acceptors (Lipinski definition) is 6. The second-order valence-corrected chi connectivity index (χ2v) is 7.15. The van der Waals surface area contributed by atoms with Crippen LogP contribution >= 0.6 is 0 Å². The highest BCUT2D eigenvalue weighted by molar-refractivity contribution is 5.77. The fourth-order valence-electron chi connectivity index (χ4n) is 3.34. The van der Waals surface area contributed by atoms with E-state index >= 15 is 0 Å². The van der Waals surface area contributed by atoms with E-state index < -0.39 is 0 Å². The molecule has 33 heavy (non-hydrogen) atoms. The van der Waals surface area contributed by atoms with Crippen molar-refractivity contribution >= 4 is 28.4 Å². The molecule has 4 aromatic carbocycles. The fourth-order valence-corrected chi connectivity index (χ4v) is 3.34. The van der Waals surface area contributed by atoms with Gasteiger partial charge in [-0.1, -0.05) is 0 Å². The van der Waals surface area contributed by atoms with Gasteiger partial charge >= 0.3 is 0 Å². The number of rotatable bonds is 8. The molecule has 0 aliphatic rings. The molecule has 0 atom stereocenters. The van der Waals surface area contributed by atoms with E-state index in [1.54, 1.807) is 21.3 Å². The maximum Gasteiger partial charge on any atom is 0.119 e. The Balaban J connectivity index is 1.62. The number of methoxy groups -OCH3 is 3. The first-order valence-electron chi connectivity index (χ1n) is 10.4. The van der Waals surface area contributed by atoms with Crippen LogP contribution in [0, 0.1) is 0 Å². The van der Waals surface area contributed by atoms with E-state index in [2.05, 4.69) is 15.1 Å². The van der Waals surface area contributed by atoms with Gasteiger partial charge in [0.2, 0.25) is 0 Å². The van der Waals surface area contributed by atoms with Crippen LogP contribution in [0.3, 0.4) is 0 Å². The lowest BCUT2D eigenvalue weighted by molar-refractivity contribution is 0.414. The van der Waals surface area contributed by atoms with E-state index in [0.29, 0.717) is 0 Å². The third-order valence-electron chi connectivity index (χ3n) is 5.12. The third kappa shape index (κ3) is 5.30. The number of benzene rings is 4. The van der Waals surface area contributed by atoms with Gasteiger partial charge in [0.25, 0.3) is 0 Å². The Morgan fingerprint density at radius 2 is 0.697 bits per heavy atom. The second-order valence-electron chi connectivity index (χ2n) is 7.15. The summed E-state index contributed by atoms with van der Waals surface area (Å²) in [6.07, 6.45) is 0. The van der Waals surface area contributed by atoms with Crippen LogP contribution in [0.5, 0.6) is 17.2 Å². The van der Waals surface area contributed by atoms with Crippen molar-refractivity contribution in [2.75, 3.05) is 26.2 Å². The highest BCUT2D eigenvalue weighted by atomic mass is 16.5. The highest BCUT2D eigenvalue weighted by Crippen LogP contribution is 2.37. The minimum absolute atomic E-state index is 0.762. The molecule has 0 radical (unpaired) electrons. The highest BCUT2D eigenvalue weighted by Gasteiger charge is 2.13. The van der Waals surface area contributed by atoms with Crippen molar-refractivity contribution in [1.82, 2.24) is 0 Å². The minimum Gasteiger partial charge on any atom is -0.497 e. The average molecular weight is 440 g/mol. The number of ether oxygens (including phenoxy) is 3. The normalized spacial score (nSPS) is 10.8. The van der Waals surface area contributed by atoms with Gasteiger partial charge < -0.3 is 19.1 Å². The van der Waals surface area contributed by atoms with E-state index in [1.807, 2.05) is 97.1 Å². The number of nitrogens with zero attached hydrogens (tertiary/aromatic N) is 3. The van der Waals surface area contributed by atoms with Crippen LogP contribution < -0.4 is 19.1 Å². The SMILES string of the molecule is COc1ccc(N=Nc2ccc(N(c3ccc(OC)cc3)c3ccc(OC)cc3)cc2)cc1. The number of hydrogen-bond donors (Lipinski definition) is 0. The Hall–Kier alpha value is -4.32. The quantitative estimate of drug-likeness (QED) is 0.265. The van der Waals surface area contributed by atoms with Gasteiger partial charge in [0.15, 0.2) is 0 Å². The first-order valence-corrected chi connectivity index (χ1v) is 10.4. The summed E-state index contributed by atoms with van der Waals surface area (Å²) in [4.78, 5) is 2.16. The summed E-state index contributed by atoms with van der Waals surface area (Å²) in [5.41, 5.74) is 4.54. The third-order valence-corrected chi connectivity index (χ3v) is 5.12. The van der Waals surface area contributed by atoms with Crippen LogP contribution in [-0.4, -0.2) is 21.3 Å². The van der Waals surface area contributed by atoms with Crippen molar-refractivity contribution in [3.63, 3.8) is 0 Å². The van der Waals surface area contributed by atoms with Gasteiger partial charge in [-0.25, -0.2) is 0 Å². The van der Waals surface area contributed by atoms with Crippen molar-refractivity contribution in [2.24, 2.45) is 10.2 Å². The number of azo groups is 1. The van der Waals surface area contributed by atoms with Crippen molar-refractivity contribution in [3.05, 3.63) is 97.1 Å². The molecule has 0 aliphatic heterocycles. The van der Waals surface area contributed by atoms with Gasteiger partial charge in [-0.15, -0.1) is 0 Å². The van der Waals surface area contributed by atoms with Gasteiger partial charge in [-0.2, -0.15) is 10.2 Å². The van der Waals surface area contributed by atoms with Crippen molar-refractivity contribution in [1.29, 1.82) is 0 Å². The largest absolute Gasteiger partial charge is 0.497 e. The molecule has 0 amide bonds. The van der Waals surface area contributed by atoms with E-state index in [-0.39, 0.29) is 0 Å². The molecular weight excluding hydrogens is 414 g/mol. The minimum atomic E-state index is 0.762. The lowest BCUT2D eigenvalue weighted by Crippen LogP contribution is -2.09. The standard InChI is InChI=1S/C27H25N3O3/c1-31-25-14-6-21(7-15-25)29-28-20-4-8-22(9-5-20)30(23-10-16-26(32-2)17-11-23)24-12-18-27(33-3)19-13-24/h4-19H,1-3H3. The number of anilines is 3. The van der Waals surface area contributed by atoms with Crippen LogP contribution in [-0.2, 0) is 0 Å². The smallest absolute Gasteiger partial charge is 0.119 e. The molecule has 0 heterocycles. The Morgan fingerprint density at radius 1 is 0.424 bits per heavy atom. The first kappa shape index (κ1) is 21.9. The molecule has 0 unspecified atom stereocenters. The monoisotopic (exact) mass is 439 g/mol. The lowest BCUT2D eigenvalue weighted by Gasteiger charge is -2.25. The molecule has 0 saturated carbocycles. The van der Waals surface area contributed by atoms with Crippen LogP contribution in [0.25, 0.3) is 0 Å². The van der Waals surface area contributed by atoms with Crippen molar-refractivity contribution in [3.8, 4) is 17.2 Å². The summed E-state index contributed by atoms with van der Waals surface area (Å²) in [6, 6.07) is 31.3. The Kier molecular flexibility index (Phi) is 6.85. The molecule has 6 heteroatoms. The first-order chi connectivity index (χ1) is 16.2. The van der Waals surface area contributed by atoms with Gasteiger partial charge in [0, 0.05) is 17.1 Å². The maximum absolute atomic E-state index is 5.32. The Bertz CT molecular complexity index is 1140. The molecule has 4 aromatic rings. The molecule has 0 spiro atoms. The molecule has 0 aliphatic carbocycles. The molecule has 166 valence electrons. The summed E-state index contributed by atoms with van der Waals surface area (Å²) in [7, 11) is 4.96. The molecule has 0 aromatic heterocycles. The predicted molar refractivity (Wildman–Crippen MR) is 131 cm³/mol. The maximum atomic E-state index is 5.32. The van der Waals surface area contributed by atoms with Gasteiger partial charge in [0.05, 0.1) is 32.7 Å². The Morgan fingerprint density at radius 3 is 1.03 bits per heavy atom. The molecule has 0 fully saturated rings. The lowest BCUT2D eigenvalue weighted by atomic mass is 10.1. The topological polar surface area (TPSA) is 55.7 Å². The average Bonchev–Trinajstić information content (AvgIpc) is 2.89. The summed E-state index contributed by atoms with van der Waals surface area (Å²) in [6.45, 7) is 0. The molecule has 0 N–H and O–H groups in total. The van der Waals surface area contributed by atoms with Crippen LogP contribution in [0.15, 0.2) is 107 Å². The molecule has 0 bridgehead atoms. The summed E-state index contributed by atoms with van der Waals surface area (Å²) in [5, 5.41) is 8.66. The predicted octanol–water partition coefficient (Wildman–Crippen LogP) is 7.60. The van der Waals surface area contributed by atoms with Crippen LogP contribution in [0.4, 0.5) is 28.4 Å². The zero-order valence-electron chi connectivity index (χ0n) is 18.8. The Labute approximate surface area is 193 Å². The van der Waals surface area contributed by atoms with Crippen LogP contribution in [0.2, 0.25) is 0 Å². The summed E-state index contributed by atoms with van der Waals surface area (Å²) < 4.78 is 15.8. The summed E-state index contributed by atoms with van der Waals surface area (Å²) >= 11 is 0. The zero-order chi connectivity index (χ0) is 23.0. The second kappa shape index (κ2) is 10.3. The van der Waals surface area contributed by atoms with E-state index in [9.17, 15) is 0 Å². The van der Waals surface area contributed by atoms with E-state index in [4.69, 9.17) is 14.2 Å². The molecular formula is C27H25N3O3. The van der Waals surface area contributed by atoms with Crippen molar-refractivity contribution in [2.45, 2.75) is 0 Å². The molecule has 4 rings (SSSR count). The molecule has 6 nitrogen and oxygen atoms in total. The van der Waals surface area contributed by atoms with Gasteiger partial charge in [-0.05, 0) is 97.1 Å².